The minimum absolute atomic E-state index is 0.0929. The highest BCUT2D eigenvalue weighted by molar-refractivity contribution is 6.28. The number of fused-ring (bicyclic) bond motifs is 1. The van der Waals surface area contributed by atoms with E-state index in [1.165, 1.54) is 6.08 Å². The predicted octanol–water partition coefficient (Wildman–Crippen LogP) is 5.08. The maximum Gasteiger partial charge on any atom is 0.235 e. The molecule has 3 rings (SSSR count). The van der Waals surface area contributed by atoms with E-state index in [0.717, 1.165) is 27.8 Å². The van der Waals surface area contributed by atoms with Crippen molar-refractivity contribution in [3.63, 3.8) is 0 Å². The van der Waals surface area contributed by atoms with Crippen LogP contribution in [0.15, 0.2) is 18.2 Å². The zero-order chi connectivity index (χ0) is 18.8. The third-order valence-electron chi connectivity index (χ3n) is 3.97. The van der Waals surface area contributed by atoms with E-state index >= 15 is 0 Å². The first-order valence-corrected chi connectivity index (χ1v) is 8.55. The number of H-pyrrole nitrogens is 1. The second-order valence-electron chi connectivity index (χ2n) is 6.33. The Labute approximate surface area is 156 Å². The molecule has 26 heavy (non-hydrogen) atoms. The summed E-state index contributed by atoms with van der Waals surface area (Å²) in [5.74, 6) is 1.26. The number of hydrogen-bond donors (Lipinski definition) is 1. The number of nitriles is 1. The lowest BCUT2D eigenvalue weighted by Gasteiger charge is -2.13. The van der Waals surface area contributed by atoms with Crippen molar-refractivity contribution in [1.29, 1.82) is 5.26 Å². The fourth-order valence-electron chi connectivity index (χ4n) is 2.86. The number of nitrogens with one attached hydrogen (secondary N) is 1. The summed E-state index contributed by atoms with van der Waals surface area (Å²) in [6.07, 6.45) is 3.21. The second-order valence-corrected chi connectivity index (χ2v) is 6.67. The minimum Gasteiger partial charge on any atom is -0.438 e. The Morgan fingerprint density at radius 2 is 1.92 bits per heavy atom. The van der Waals surface area contributed by atoms with Gasteiger partial charge in [0.1, 0.15) is 11.1 Å². The van der Waals surface area contributed by atoms with Crippen LogP contribution in [-0.2, 0) is 0 Å². The van der Waals surface area contributed by atoms with Crippen LogP contribution in [0.5, 0.6) is 11.6 Å². The summed E-state index contributed by atoms with van der Waals surface area (Å²) in [4.78, 5) is 8.47. The zero-order valence-corrected chi connectivity index (χ0v) is 15.7. The predicted molar refractivity (Wildman–Crippen MR) is 101 cm³/mol. The number of ether oxygens (including phenoxy) is 1. The summed E-state index contributed by atoms with van der Waals surface area (Å²) in [7, 11) is 0. The highest BCUT2D eigenvalue weighted by Crippen LogP contribution is 2.35. The topological polar surface area (TPSA) is 87.5 Å². The summed E-state index contributed by atoms with van der Waals surface area (Å²) in [5.41, 5.74) is 4.18. The van der Waals surface area contributed by atoms with Gasteiger partial charge in [-0.2, -0.15) is 20.3 Å². The number of rotatable bonds is 4. The quantitative estimate of drug-likeness (QED) is 0.513. The number of aromatic amines is 1. The van der Waals surface area contributed by atoms with Crippen molar-refractivity contribution in [2.45, 2.75) is 33.6 Å². The van der Waals surface area contributed by atoms with Gasteiger partial charge < -0.3 is 4.74 Å². The van der Waals surface area contributed by atoms with E-state index in [1.807, 2.05) is 45.9 Å². The molecular weight excluding hydrogens is 350 g/mol. The van der Waals surface area contributed by atoms with Crippen molar-refractivity contribution < 1.29 is 4.74 Å². The molecule has 0 unspecified atom stereocenters. The van der Waals surface area contributed by atoms with E-state index in [-0.39, 0.29) is 11.2 Å². The number of nitrogens with zero attached hydrogens (tertiary/aromatic N) is 4. The number of aromatic nitrogens is 4. The fourth-order valence-corrected chi connectivity index (χ4v) is 3.02. The lowest BCUT2D eigenvalue weighted by atomic mass is 10.1. The smallest absolute Gasteiger partial charge is 0.235 e. The van der Waals surface area contributed by atoms with E-state index in [4.69, 9.17) is 21.6 Å². The summed E-state index contributed by atoms with van der Waals surface area (Å²) >= 11 is 6.05. The third-order valence-corrected chi connectivity index (χ3v) is 4.13. The molecule has 1 aromatic carbocycles. The molecule has 0 aliphatic carbocycles. The van der Waals surface area contributed by atoms with Crippen LogP contribution < -0.4 is 4.74 Å². The summed E-state index contributed by atoms with van der Waals surface area (Å²) < 4.78 is 6.16. The third kappa shape index (κ3) is 3.39. The number of allylic oxidation sites excluding steroid dienone is 1. The van der Waals surface area contributed by atoms with E-state index in [0.29, 0.717) is 17.3 Å². The largest absolute Gasteiger partial charge is 0.438 e. The van der Waals surface area contributed by atoms with Crippen LogP contribution in [0.4, 0.5) is 0 Å². The first-order valence-electron chi connectivity index (χ1n) is 8.17. The van der Waals surface area contributed by atoms with Crippen LogP contribution in [0.2, 0.25) is 5.28 Å². The molecule has 0 saturated carbocycles. The average Bonchev–Trinajstić information content (AvgIpc) is 3.00. The zero-order valence-electron chi connectivity index (χ0n) is 15.0. The molecular formula is C19H18ClN5O. The van der Waals surface area contributed by atoms with Gasteiger partial charge in [-0.25, -0.2) is 0 Å². The first kappa shape index (κ1) is 17.9. The highest BCUT2D eigenvalue weighted by Gasteiger charge is 2.19. The van der Waals surface area contributed by atoms with E-state index in [9.17, 15) is 0 Å². The standard InChI is InChI=1S/C19H18ClN5O/c1-10(2)15-14-17(25-24-15)22-19(20)23-18(14)26-16-11(3)8-13(6-5-7-21)9-12(16)4/h5-6,8-10H,1-4H3,(H,22,23,24,25)/b6-5+. The molecule has 0 amide bonds. The SMILES string of the molecule is Cc1cc(/C=C/C#N)cc(C)c1Oc1nc(Cl)nc2[nH]nc(C(C)C)c12. The van der Waals surface area contributed by atoms with Crippen LogP contribution in [0.3, 0.4) is 0 Å². The minimum atomic E-state index is 0.0929. The molecule has 7 heteroatoms. The molecule has 0 aliphatic rings. The molecule has 0 aliphatic heterocycles. The summed E-state index contributed by atoms with van der Waals surface area (Å²) in [5, 5.41) is 16.7. The normalized spacial score (nSPS) is 11.4. The van der Waals surface area contributed by atoms with Crippen LogP contribution in [-0.4, -0.2) is 20.2 Å². The number of benzene rings is 1. The average molecular weight is 368 g/mol. The van der Waals surface area contributed by atoms with Gasteiger partial charge in [0.15, 0.2) is 5.65 Å². The Hall–Kier alpha value is -2.91. The van der Waals surface area contributed by atoms with Crippen molar-refractivity contribution in [3.05, 3.63) is 45.9 Å². The molecule has 0 radical (unpaired) electrons. The Balaban J connectivity index is 2.11. The summed E-state index contributed by atoms with van der Waals surface area (Å²) in [6, 6.07) is 5.90. The molecule has 1 N–H and O–H groups in total. The van der Waals surface area contributed by atoms with E-state index in [1.54, 1.807) is 6.08 Å². The molecule has 6 nitrogen and oxygen atoms in total. The maximum atomic E-state index is 8.70. The molecule has 132 valence electrons. The summed E-state index contributed by atoms with van der Waals surface area (Å²) in [6.45, 7) is 7.98. The highest BCUT2D eigenvalue weighted by atomic mass is 35.5. The van der Waals surface area contributed by atoms with Gasteiger partial charge >= 0.3 is 0 Å². The Bertz CT molecular complexity index is 1020. The van der Waals surface area contributed by atoms with Crippen LogP contribution >= 0.6 is 11.6 Å². The molecule has 0 atom stereocenters. The van der Waals surface area contributed by atoms with Crippen molar-refractivity contribution >= 4 is 28.7 Å². The number of halogens is 1. The molecule has 0 bridgehead atoms. The van der Waals surface area contributed by atoms with Crippen molar-refractivity contribution in [2.75, 3.05) is 0 Å². The van der Waals surface area contributed by atoms with Gasteiger partial charge in [-0.05, 0) is 66.3 Å². The molecule has 2 aromatic heterocycles. The lowest BCUT2D eigenvalue weighted by molar-refractivity contribution is 0.460. The van der Waals surface area contributed by atoms with Crippen LogP contribution in [0.25, 0.3) is 17.1 Å². The van der Waals surface area contributed by atoms with Crippen molar-refractivity contribution in [2.24, 2.45) is 0 Å². The first-order chi connectivity index (χ1) is 12.4. The lowest BCUT2D eigenvalue weighted by Crippen LogP contribution is -1.98. The fraction of sp³-hybridized carbons (Fsp3) is 0.263. The van der Waals surface area contributed by atoms with Crippen molar-refractivity contribution in [3.8, 4) is 17.7 Å². The van der Waals surface area contributed by atoms with Gasteiger partial charge in [-0.15, -0.1) is 0 Å². The van der Waals surface area contributed by atoms with Crippen LogP contribution in [0.1, 0.15) is 42.1 Å². The second kappa shape index (κ2) is 7.14. The van der Waals surface area contributed by atoms with Gasteiger partial charge in [0, 0.05) is 6.08 Å². The van der Waals surface area contributed by atoms with Gasteiger partial charge in [0.2, 0.25) is 11.2 Å². The number of hydrogen-bond acceptors (Lipinski definition) is 5. The van der Waals surface area contributed by atoms with Gasteiger partial charge in [-0.1, -0.05) is 13.8 Å². The Kier molecular flexibility index (Phi) is 4.92. The van der Waals surface area contributed by atoms with Crippen molar-refractivity contribution in [1.82, 2.24) is 20.2 Å². The maximum absolute atomic E-state index is 8.70. The Morgan fingerprint density at radius 3 is 2.54 bits per heavy atom. The van der Waals surface area contributed by atoms with Crippen LogP contribution in [0, 0.1) is 25.2 Å². The van der Waals surface area contributed by atoms with E-state index in [2.05, 4.69) is 20.2 Å². The van der Waals surface area contributed by atoms with Gasteiger partial charge in [0.25, 0.3) is 0 Å². The molecule has 0 fully saturated rings. The number of aryl methyl sites for hydroxylation is 2. The van der Waals surface area contributed by atoms with Gasteiger partial charge in [0.05, 0.1) is 11.8 Å². The molecule has 0 spiro atoms. The monoisotopic (exact) mass is 367 g/mol. The molecule has 3 aromatic rings. The van der Waals surface area contributed by atoms with Gasteiger partial charge in [-0.3, -0.25) is 5.10 Å². The Morgan fingerprint density at radius 1 is 1.23 bits per heavy atom. The molecule has 2 heterocycles. The van der Waals surface area contributed by atoms with E-state index < -0.39 is 0 Å². The molecule has 0 saturated heterocycles.